The van der Waals surface area contributed by atoms with Crippen LogP contribution in [0.15, 0.2) is 0 Å². The largest absolute Gasteiger partial charge is 0.339 e. The van der Waals surface area contributed by atoms with Crippen LogP contribution in [-0.4, -0.2) is 29.9 Å². The van der Waals surface area contributed by atoms with Gasteiger partial charge in [-0.3, -0.25) is 4.79 Å². The van der Waals surface area contributed by atoms with Crippen LogP contribution in [-0.2, 0) is 4.79 Å². The summed E-state index contributed by atoms with van der Waals surface area (Å²) >= 11 is 0. The number of amides is 1. The molecule has 0 aromatic carbocycles. The minimum Gasteiger partial charge on any atom is -0.339 e. The maximum Gasteiger partial charge on any atom is 0.226 e. The number of nitrogens with zero attached hydrogens (tertiary/aromatic N) is 1. The van der Waals surface area contributed by atoms with Crippen molar-refractivity contribution in [3.63, 3.8) is 0 Å². The second-order valence-corrected chi connectivity index (χ2v) is 5.65. The van der Waals surface area contributed by atoms with Crippen molar-refractivity contribution >= 4 is 5.91 Å². The van der Waals surface area contributed by atoms with Gasteiger partial charge in [-0.15, -0.1) is 0 Å². The zero-order valence-electron chi connectivity index (χ0n) is 11.0. The number of carbonyl (C=O) groups is 1. The molecule has 0 bridgehead atoms. The second-order valence-electron chi connectivity index (χ2n) is 5.65. The van der Waals surface area contributed by atoms with Gasteiger partial charge in [-0.05, 0) is 44.6 Å². The molecule has 3 nitrogen and oxygen atoms in total. The van der Waals surface area contributed by atoms with Crippen LogP contribution < -0.4 is 5.73 Å². The molecule has 2 fully saturated rings. The molecule has 0 radical (unpaired) electrons. The fraction of sp³-hybridized carbons (Fsp3) is 0.929. The number of hydrogen-bond acceptors (Lipinski definition) is 2. The predicted molar refractivity (Wildman–Crippen MR) is 69.5 cm³/mol. The van der Waals surface area contributed by atoms with Gasteiger partial charge in [-0.1, -0.05) is 19.8 Å². The van der Waals surface area contributed by atoms with Gasteiger partial charge in [-0.25, -0.2) is 0 Å². The Hall–Kier alpha value is -0.570. The summed E-state index contributed by atoms with van der Waals surface area (Å²) < 4.78 is 0. The molecule has 0 heterocycles. The highest BCUT2D eigenvalue weighted by Crippen LogP contribution is 2.34. The standard InChI is InChI=1S/C14H26N2O/c1-2-9-16(12-7-8-12)14(17)13-6-4-3-5-11(13)10-15/h11-13H,2-10,15H2,1H3. The topological polar surface area (TPSA) is 46.3 Å². The molecule has 2 saturated carbocycles. The summed E-state index contributed by atoms with van der Waals surface area (Å²) in [5.41, 5.74) is 5.83. The van der Waals surface area contributed by atoms with E-state index in [2.05, 4.69) is 11.8 Å². The Bertz CT molecular complexity index is 263. The zero-order chi connectivity index (χ0) is 12.3. The molecule has 2 rings (SSSR count). The summed E-state index contributed by atoms with van der Waals surface area (Å²) in [5, 5.41) is 0. The molecule has 2 aliphatic rings. The summed E-state index contributed by atoms with van der Waals surface area (Å²) in [5.74, 6) is 1.07. The lowest BCUT2D eigenvalue weighted by molar-refractivity contribution is -0.139. The maximum absolute atomic E-state index is 12.6. The Morgan fingerprint density at radius 3 is 2.53 bits per heavy atom. The fourth-order valence-electron chi connectivity index (χ4n) is 3.13. The molecule has 1 amide bonds. The van der Waals surface area contributed by atoms with E-state index in [4.69, 9.17) is 5.73 Å². The number of nitrogens with two attached hydrogens (primary N) is 1. The van der Waals surface area contributed by atoms with Gasteiger partial charge < -0.3 is 10.6 Å². The fourth-order valence-corrected chi connectivity index (χ4v) is 3.13. The molecule has 98 valence electrons. The Balaban J connectivity index is 1.99. The van der Waals surface area contributed by atoms with Gasteiger partial charge in [0.2, 0.25) is 5.91 Å². The van der Waals surface area contributed by atoms with Crippen LogP contribution in [0.4, 0.5) is 0 Å². The van der Waals surface area contributed by atoms with Crippen LogP contribution >= 0.6 is 0 Å². The normalized spacial score (nSPS) is 29.1. The van der Waals surface area contributed by atoms with E-state index in [1.807, 2.05) is 0 Å². The van der Waals surface area contributed by atoms with Crippen molar-refractivity contribution in [3.05, 3.63) is 0 Å². The van der Waals surface area contributed by atoms with Crippen molar-refractivity contribution in [2.75, 3.05) is 13.1 Å². The van der Waals surface area contributed by atoms with Crippen LogP contribution in [0, 0.1) is 11.8 Å². The molecule has 0 saturated heterocycles. The van der Waals surface area contributed by atoms with Crippen LogP contribution in [0.2, 0.25) is 0 Å². The second kappa shape index (κ2) is 5.85. The van der Waals surface area contributed by atoms with E-state index in [0.29, 0.717) is 24.4 Å². The smallest absolute Gasteiger partial charge is 0.226 e. The van der Waals surface area contributed by atoms with Crippen molar-refractivity contribution in [3.8, 4) is 0 Å². The molecule has 0 spiro atoms. The molecular formula is C14H26N2O. The Morgan fingerprint density at radius 2 is 1.94 bits per heavy atom. The Morgan fingerprint density at radius 1 is 1.24 bits per heavy atom. The van der Waals surface area contributed by atoms with Crippen LogP contribution in [0.3, 0.4) is 0 Å². The van der Waals surface area contributed by atoms with Gasteiger partial charge in [0.05, 0.1) is 0 Å². The third-order valence-corrected chi connectivity index (χ3v) is 4.26. The van der Waals surface area contributed by atoms with Crippen molar-refractivity contribution in [1.82, 2.24) is 4.90 Å². The minimum atomic E-state index is 0.223. The Labute approximate surface area is 105 Å². The molecule has 17 heavy (non-hydrogen) atoms. The van der Waals surface area contributed by atoms with E-state index in [1.165, 1.54) is 25.7 Å². The highest BCUT2D eigenvalue weighted by Gasteiger charge is 2.38. The van der Waals surface area contributed by atoms with E-state index in [0.717, 1.165) is 25.8 Å². The van der Waals surface area contributed by atoms with E-state index >= 15 is 0 Å². The average molecular weight is 238 g/mol. The van der Waals surface area contributed by atoms with E-state index in [1.54, 1.807) is 0 Å². The van der Waals surface area contributed by atoms with Gasteiger partial charge in [-0.2, -0.15) is 0 Å². The molecule has 3 heteroatoms. The van der Waals surface area contributed by atoms with Crippen molar-refractivity contribution < 1.29 is 4.79 Å². The number of carbonyl (C=O) groups excluding carboxylic acids is 1. The molecule has 0 aromatic rings. The quantitative estimate of drug-likeness (QED) is 0.797. The van der Waals surface area contributed by atoms with Crippen molar-refractivity contribution in [2.24, 2.45) is 17.6 Å². The predicted octanol–water partition coefficient (Wildman–Crippen LogP) is 2.15. The lowest BCUT2D eigenvalue weighted by atomic mass is 9.78. The van der Waals surface area contributed by atoms with E-state index in [9.17, 15) is 4.79 Å². The third kappa shape index (κ3) is 3.01. The molecular weight excluding hydrogens is 212 g/mol. The van der Waals surface area contributed by atoms with Crippen LogP contribution in [0.1, 0.15) is 51.9 Å². The molecule has 2 N–H and O–H groups in total. The SMILES string of the molecule is CCCN(C(=O)C1CCCCC1CN)C1CC1. The first-order valence-electron chi connectivity index (χ1n) is 7.28. The van der Waals surface area contributed by atoms with Crippen LogP contribution in [0.25, 0.3) is 0 Å². The van der Waals surface area contributed by atoms with E-state index in [-0.39, 0.29) is 5.92 Å². The van der Waals surface area contributed by atoms with Gasteiger partial charge in [0.25, 0.3) is 0 Å². The van der Waals surface area contributed by atoms with Crippen LogP contribution in [0.5, 0.6) is 0 Å². The monoisotopic (exact) mass is 238 g/mol. The van der Waals surface area contributed by atoms with Gasteiger partial charge >= 0.3 is 0 Å². The number of rotatable bonds is 5. The molecule has 2 aliphatic carbocycles. The average Bonchev–Trinajstić information content (AvgIpc) is 3.19. The summed E-state index contributed by atoms with van der Waals surface area (Å²) in [7, 11) is 0. The highest BCUT2D eigenvalue weighted by molar-refractivity contribution is 5.80. The third-order valence-electron chi connectivity index (χ3n) is 4.26. The van der Waals surface area contributed by atoms with Gasteiger partial charge in [0.1, 0.15) is 0 Å². The van der Waals surface area contributed by atoms with Crippen molar-refractivity contribution in [2.45, 2.75) is 57.9 Å². The summed E-state index contributed by atoms with van der Waals surface area (Å²) in [4.78, 5) is 14.8. The number of hydrogen-bond donors (Lipinski definition) is 1. The first-order valence-corrected chi connectivity index (χ1v) is 7.28. The first kappa shape index (κ1) is 12.9. The molecule has 2 atom stereocenters. The van der Waals surface area contributed by atoms with Gasteiger partial charge in [0, 0.05) is 18.5 Å². The summed E-state index contributed by atoms with van der Waals surface area (Å²) in [6, 6.07) is 0.558. The van der Waals surface area contributed by atoms with Gasteiger partial charge in [0.15, 0.2) is 0 Å². The first-order chi connectivity index (χ1) is 8.27. The highest BCUT2D eigenvalue weighted by atomic mass is 16.2. The molecule has 2 unspecified atom stereocenters. The molecule has 0 aliphatic heterocycles. The van der Waals surface area contributed by atoms with Crippen molar-refractivity contribution in [1.29, 1.82) is 0 Å². The molecule has 0 aromatic heterocycles. The zero-order valence-corrected chi connectivity index (χ0v) is 11.0. The maximum atomic E-state index is 12.6. The Kier molecular flexibility index (Phi) is 4.43. The lowest BCUT2D eigenvalue weighted by Crippen LogP contribution is -2.43. The summed E-state index contributed by atoms with van der Waals surface area (Å²) in [6.07, 6.45) is 8.17. The minimum absolute atomic E-state index is 0.223. The summed E-state index contributed by atoms with van der Waals surface area (Å²) in [6.45, 7) is 3.78. The van der Waals surface area contributed by atoms with E-state index < -0.39 is 0 Å². The lowest BCUT2D eigenvalue weighted by Gasteiger charge is -2.34.